The van der Waals surface area contributed by atoms with Crippen molar-refractivity contribution >= 4 is 21.2 Å². The van der Waals surface area contributed by atoms with Crippen LogP contribution in [0, 0.1) is 0 Å². The molecule has 128 valence electrons. The van der Waals surface area contributed by atoms with E-state index in [4.69, 9.17) is 0 Å². The van der Waals surface area contributed by atoms with E-state index in [9.17, 15) is 8.42 Å². The first-order valence-electron chi connectivity index (χ1n) is 8.20. The van der Waals surface area contributed by atoms with E-state index in [1.54, 1.807) is 11.3 Å². The smallest absolute Gasteiger partial charge is 0.153 e. The Kier molecular flexibility index (Phi) is 4.42. The maximum atomic E-state index is 12.3. The molecular weight excluding hydrogens is 342 g/mol. The third kappa shape index (κ3) is 3.39. The van der Waals surface area contributed by atoms with Crippen molar-refractivity contribution in [2.75, 3.05) is 24.6 Å². The molecule has 1 aromatic heterocycles. The Morgan fingerprint density at radius 1 is 1.04 bits per heavy atom. The Balaban J connectivity index is 1.53. The van der Waals surface area contributed by atoms with E-state index in [0.717, 1.165) is 26.2 Å². The summed E-state index contributed by atoms with van der Waals surface area (Å²) < 4.78 is 24.6. The maximum Gasteiger partial charge on any atom is 0.153 e. The zero-order valence-corrected chi connectivity index (χ0v) is 15.0. The van der Waals surface area contributed by atoms with Gasteiger partial charge in [0.2, 0.25) is 0 Å². The van der Waals surface area contributed by atoms with Crippen LogP contribution in [0.4, 0.5) is 0 Å². The quantitative estimate of drug-likeness (QED) is 0.826. The van der Waals surface area contributed by atoms with Crippen LogP contribution < -0.4 is 0 Å². The highest BCUT2D eigenvalue weighted by Gasteiger charge is 2.46. The zero-order valence-electron chi connectivity index (χ0n) is 13.4. The second kappa shape index (κ2) is 6.55. The fourth-order valence-corrected chi connectivity index (χ4v) is 6.49. The molecule has 2 aliphatic heterocycles. The van der Waals surface area contributed by atoms with Gasteiger partial charge < -0.3 is 0 Å². The molecule has 0 saturated carbocycles. The SMILES string of the molecule is O=S1(=O)C[C@@H]2[C@H](C1)N(Cc1ccccc1)CCN2Cc1cncs1. The van der Waals surface area contributed by atoms with Crippen molar-refractivity contribution in [2.45, 2.75) is 25.2 Å². The molecule has 0 N–H and O–H groups in total. The second-order valence-electron chi connectivity index (χ2n) is 6.61. The lowest BCUT2D eigenvalue weighted by Gasteiger charge is -2.43. The number of fused-ring (bicyclic) bond motifs is 1. The number of aromatic nitrogens is 1. The summed E-state index contributed by atoms with van der Waals surface area (Å²) in [5.74, 6) is 0.561. The van der Waals surface area contributed by atoms with E-state index in [0.29, 0.717) is 0 Å². The molecule has 0 bridgehead atoms. The van der Waals surface area contributed by atoms with Crippen molar-refractivity contribution in [1.29, 1.82) is 0 Å². The molecule has 24 heavy (non-hydrogen) atoms. The van der Waals surface area contributed by atoms with Crippen LogP contribution in [0.25, 0.3) is 0 Å². The standard InChI is InChI=1S/C17H21N3O2S2/c21-24(22)11-16-17(12-24)20(10-15-8-18-13-23-15)7-6-19(16)9-14-4-2-1-3-5-14/h1-5,8,13,16-17H,6-7,9-12H2/t16-,17+/m0/s1. The monoisotopic (exact) mass is 363 g/mol. The summed E-state index contributed by atoms with van der Waals surface area (Å²) in [4.78, 5) is 10.0. The lowest BCUT2D eigenvalue weighted by molar-refractivity contribution is 0.0361. The van der Waals surface area contributed by atoms with Crippen molar-refractivity contribution in [3.63, 3.8) is 0 Å². The Labute approximate surface area is 146 Å². The molecule has 0 unspecified atom stereocenters. The molecule has 1 aromatic carbocycles. The second-order valence-corrected chi connectivity index (χ2v) is 9.73. The van der Waals surface area contributed by atoms with Gasteiger partial charge in [0, 0.05) is 49.3 Å². The molecule has 0 aliphatic carbocycles. The van der Waals surface area contributed by atoms with Crippen LogP contribution in [0.2, 0.25) is 0 Å². The number of piperazine rings is 1. The molecule has 2 aliphatic rings. The van der Waals surface area contributed by atoms with E-state index in [1.807, 2.05) is 29.9 Å². The molecule has 2 saturated heterocycles. The van der Waals surface area contributed by atoms with Crippen LogP contribution in [0.1, 0.15) is 10.4 Å². The summed E-state index contributed by atoms with van der Waals surface area (Å²) in [6.07, 6.45) is 1.89. The van der Waals surface area contributed by atoms with Gasteiger partial charge in [0.1, 0.15) is 0 Å². The van der Waals surface area contributed by atoms with Crippen molar-refractivity contribution in [2.24, 2.45) is 0 Å². The lowest BCUT2D eigenvalue weighted by atomic mass is 10.0. The Bertz CT molecular complexity index is 777. The van der Waals surface area contributed by atoms with Crippen LogP contribution in [-0.4, -0.2) is 59.9 Å². The number of benzene rings is 1. The predicted molar refractivity (Wildman–Crippen MR) is 95.6 cm³/mol. The van der Waals surface area contributed by atoms with Crippen molar-refractivity contribution in [1.82, 2.24) is 14.8 Å². The molecule has 2 atom stereocenters. The van der Waals surface area contributed by atoms with Crippen molar-refractivity contribution < 1.29 is 8.42 Å². The average molecular weight is 364 g/mol. The first-order valence-corrected chi connectivity index (χ1v) is 10.9. The van der Waals surface area contributed by atoms with Gasteiger partial charge >= 0.3 is 0 Å². The molecule has 4 rings (SSSR count). The normalized spacial score (nSPS) is 27.2. The highest BCUT2D eigenvalue weighted by atomic mass is 32.2. The molecule has 7 heteroatoms. The van der Waals surface area contributed by atoms with E-state index in [-0.39, 0.29) is 23.6 Å². The molecule has 0 amide bonds. The van der Waals surface area contributed by atoms with E-state index >= 15 is 0 Å². The summed E-state index contributed by atoms with van der Waals surface area (Å²) in [6.45, 7) is 3.44. The van der Waals surface area contributed by atoms with Crippen LogP contribution in [0.3, 0.4) is 0 Å². The zero-order chi connectivity index (χ0) is 16.6. The van der Waals surface area contributed by atoms with Crippen LogP contribution in [0.15, 0.2) is 42.0 Å². The molecule has 2 fully saturated rings. The van der Waals surface area contributed by atoms with Crippen LogP contribution >= 0.6 is 11.3 Å². The molecule has 5 nitrogen and oxygen atoms in total. The average Bonchev–Trinajstić information content (AvgIpc) is 3.17. The van der Waals surface area contributed by atoms with Gasteiger partial charge in [0.25, 0.3) is 0 Å². The van der Waals surface area contributed by atoms with Gasteiger partial charge in [0.05, 0.1) is 17.0 Å². The third-order valence-electron chi connectivity index (χ3n) is 4.98. The highest BCUT2D eigenvalue weighted by Crippen LogP contribution is 2.29. The van der Waals surface area contributed by atoms with Gasteiger partial charge in [-0.2, -0.15) is 0 Å². The van der Waals surface area contributed by atoms with Gasteiger partial charge in [-0.25, -0.2) is 8.42 Å². The van der Waals surface area contributed by atoms with Gasteiger partial charge in [-0.05, 0) is 5.56 Å². The van der Waals surface area contributed by atoms with Crippen molar-refractivity contribution in [3.05, 3.63) is 52.5 Å². The number of sulfone groups is 1. The van der Waals surface area contributed by atoms with E-state index < -0.39 is 9.84 Å². The summed E-state index contributed by atoms with van der Waals surface area (Å²) in [7, 11) is -2.96. The van der Waals surface area contributed by atoms with Crippen LogP contribution in [0.5, 0.6) is 0 Å². The lowest BCUT2D eigenvalue weighted by Crippen LogP contribution is -2.58. The maximum absolute atomic E-state index is 12.3. The Morgan fingerprint density at radius 2 is 1.71 bits per heavy atom. The Morgan fingerprint density at radius 3 is 2.33 bits per heavy atom. The largest absolute Gasteiger partial charge is 0.292 e. The summed E-state index contributed by atoms with van der Waals surface area (Å²) >= 11 is 1.64. The van der Waals surface area contributed by atoms with Crippen LogP contribution in [-0.2, 0) is 22.9 Å². The van der Waals surface area contributed by atoms with Gasteiger partial charge in [-0.15, -0.1) is 11.3 Å². The molecular formula is C17H21N3O2S2. The van der Waals surface area contributed by atoms with Gasteiger partial charge in [-0.1, -0.05) is 30.3 Å². The molecule has 0 spiro atoms. The third-order valence-corrected chi connectivity index (χ3v) is 7.44. The number of nitrogens with zero attached hydrogens (tertiary/aromatic N) is 3. The Hall–Kier alpha value is -1.28. The van der Waals surface area contributed by atoms with Gasteiger partial charge in [-0.3, -0.25) is 14.8 Å². The number of thiazole rings is 1. The van der Waals surface area contributed by atoms with Crippen molar-refractivity contribution in [3.8, 4) is 0 Å². The minimum Gasteiger partial charge on any atom is -0.292 e. The fraction of sp³-hybridized carbons (Fsp3) is 0.471. The van der Waals surface area contributed by atoms with Gasteiger partial charge in [0.15, 0.2) is 9.84 Å². The molecule has 3 heterocycles. The van der Waals surface area contributed by atoms with E-state index in [1.165, 1.54) is 10.4 Å². The first kappa shape index (κ1) is 16.2. The minimum absolute atomic E-state index is 0.0922. The molecule has 0 radical (unpaired) electrons. The number of hydrogen-bond acceptors (Lipinski definition) is 6. The number of rotatable bonds is 4. The minimum atomic E-state index is -2.96. The highest BCUT2D eigenvalue weighted by molar-refractivity contribution is 7.91. The summed E-state index contributed by atoms with van der Waals surface area (Å²) in [6, 6.07) is 10.5. The predicted octanol–water partition coefficient (Wildman–Crippen LogP) is 1.63. The number of hydrogen-bond donors (Lipinski definition) is 0. The first-order chi connectivity index (χ1) is 11.6. The molecule has 2 aromatic rings. The van der Waals surface area contributed by atoms with E-state index in [2.05, 4.69) is 26.9 Å². The fourth-order valence-electron chi connectivity index (χ4n) is 3.83. The summed E-state index contributed by atoms with van der Waals surface area (Å²) in [5.41, 5.74) is 3.08. The topological polar surface area (TPSA) is 53.5 Å². The summed E-state index contributed by atoms with van der Waals surface area (Å²) in [5, 5.41) is 0.